The molecule has 89 heavy (non-hydrogen) atoms. The maximum atomic E-state index is 12.8. The van der Waals surface area contributed by atoms with Crippen LogP contribution in [0.15, 0.2) is 36.5 Å². The summed E-state index contributed by atoms with van der Waals surface area (Å²) in [6.45, 7) is 3.82. The highest BCUT2D eigenvalue weighted by molar-refractivity contribution is 7.47. The SMILES string of the molecule is CCCCCCC/C=C\C/C=C\CCCCCCCCCCCCCCCCCCCCCCCCCCCC(=O)OC(COC(=O)CCCCCCCCCCCCCCCCCCCCC/C=C\CCCCCCCCCC)COP(=O)(O)OCCN. The van der Waals surface area contributed by atoms with Gasteiger partial charge in [-0.2, -0.15) is 0 Å². The molecule has 0 spiro atoms. The molecule has 0 saturated carbocycles. The first-order valence-corrected chi connectivity index (χ1v) is 41.0. The minimum Gasteiger partial charge on any atom is -0.462 e. The number of phosphoric ester groups is 1. The number of carbonyl (C=O) groups is 2. The lowest BCUT2D eigenvalue weighted by Crippen LogP contribution is -2.29. The number of carbonyl (C=O) groups excluding carboxylic acids is 2. The minimum atomic E-state index is -4.39. The smallest absolute Gasteiger partial charge is 0.462 e. The molecular weight excluding hydrogens is 1120 g/mol. The van der Waals surface area contributed by atoms with E-state index in [4.69, 9.17) is 24.3 Å². The van der Waals surface area contributed by atoms with Crippen molar-refractivity contribution >= 4 is 19.8 Å². The lowest BCUT2D eigenvalue weighted by molar-refractivity contribution is -0.161. The molecule has 3 N–H and O–H groups in total. The quantitative estimate of drug-likeness (QED) is 0.0264. The fourth-order valence-electron chi connectivity index (χ4n) is 12.1. The summed E-state index contributed by atoms with van der Waals surface area (Å²) in [5.74, 6) is -0.801. The fourth-order valence-corrected chi connectivity index (χ4v) is 12.9. The second kappa shape index (κ2) is 75.3. The summed E-state index contributed by atoms with van der Waals surface area (Å²) in [6, 6.07) is 0. The van der Waals surface area contributed by atoms with Gasteiger partial charge in [0.1, 0.15) is 6.61 Å². The lowest BCUT2D eigenvalue weighted by atomic mass is 10.0. The number of esters is 2. The van der Waals surface area contributed by atoms with Crippen LogP contribution in [0.4, 0.5) is 0 Å². The first-order valence-electron chi connectivity index (χ1n) is 39.5. The zero-order valence-corrected chi connectivity index (χ0v) is 60.3. The Labute approximate surface area is 554 Å². The Morgan fingerprint density at radius 2 is 0.584 bits per heavy atom. The Hall–Kier alpha value is -1.77. The highest BCUT2D eigenvalue weighted by atomic mass is 31.2. The van der Waals surface area contributed by atoms with Crippen molar-refractivity contribution in [3.8, 4) is 0 Å². The van der Waals surface area contributed by atoms with Crippen LogP contribution in [0.25, 0.3) is 0 Å². The van der Waals surface area contributed by atoms with Crippen LogP contribution in [-0.2, 0) is 32.7 Å². The average Bonchev–Trinajstić information content (AvgIpc) is 3.68. The molecule has 0 aliphatic rings. The molecule has 0 bridgehead atoms. The van der Waals surface area contributed by atoms with Gasteiger partial charge in [0.05, 0.1) is 13.2 Å². The Morgan fingerprint density at radius 3 is 0.865 bits per heavy atom. The van der Waals surface area contributed by atoms with Gasteiger partial charge in [0.2, 0.25) is 0 Å². The number of ether oxygens (including phenoxy) is 2. The monoisotopic (exact) mass is 1270 g/mol. The van der Waals surface area contributed by atoms with Gasteiger partial charge in [-0.05, 0) is 70.6 Å². The third kappa shape index (κ3) is 75.1. The summed E-state index contributed by atoms with van der Waals surface area (Å²) >= 11 is 0. The predicted molar refractivity (Wildman–Crippen MR) is 386 cm³/mol. The summed E-state index contributed by atoms with van der Waals surface area (Å²) in [4.78, 5) is 35.4. The molecule has 0 aromatic carbocycles. The first-order chi connectivity index (χ1) is 43.8. The standard InChI is InChI=1S/C79H152NO8P/c1-3-5-7-9-11-13-15-17-19-21-23-25-27-29-31-33-35-36-37-38-39-40-42-44-46-48-50-52-54-56-58-60-62-64-66-68-70-72-79(82)88-77(76-87-89(83,84)86-74-73-80)75-85-78(81)71-69-67-65-63-61-59-57-55-53-51-49-47-45-43-41-34-32-30-28-26-24-22-20-18-16-14-12-10-8-6-4-2/h15,17,21-24,77H,3-14,16,18-20,25-76,80H2,1-2H3,(H,83,84)/b17-15-,23-21-,24-22-. The number of unbranched alkanes of at least 4 members (excludes halogenated alkanes) is 57. The van der Waals surface area contributed by atoms with Crippen LogP contribution < -0.4 is 5.73 Å². The molecule has 0 aromatic rings. The number of phosphoric acid groups is 1. The molecule has 0 fully saturated rings. The van der Waals surface area contributed by atoms with Gasteiger partial charge in [-0.25, -0.2) is 4.57 Å². The molecular formula is C79H152NO8P. The van der Waals surface area contributed by atoms with Gasteiger partial charge in [-0.3, -0.25) is 18.6 Å². The van der Waals surface area contributed by atoms with Crippen molar-refractivity contribution in [1.29, 1.82) is 0 Å². The zero-order chi connectivity index (χ0) is 64.4. The molecule has 9 nitrogen and oxygen atoms in total. The van der Waals surface area contributed by atoms with E-state index in [-0.39, 0.29) is 38.6 Å². The van der Waals surface area contributed by atoms with E-state index in [1.54, 1.807) is 0 Å². The van der Waals surface area contributed by atoms with Crippen LogP contribution in [-0.4, -0.2) is 49.3 Å². The Kier molecular flexibility index (Phi) is 73.8. The maximum Gasteiger partial charge on any atom is 0.472 e. The Morgan fingerprint density at radius 1 is 0.337 bits per heavy atom. The third-order valence-corrected chi connectivity index (χ3v) is 19.0. The van der Waals surface area contributed by atoms with Crippen LogP contribution in [0.2, 0.25) is 0 Å². The second-order valence-corrected chi connectivity index (χ2v) is 28.4. The van der Waals surface area contributed by atoms with Gasteiger partial charge in [0, 0.05) is 19.4 Å². The van der Waals surface area contributed by atoms with E-state index in [0.29, 0.717) is 6.42 Å². The maximum absolute atomic E-state index is 12.8. The third-order valence-electron chi connectivity index (χ3n) is 18.0. The van der Waals surface area contributed by atoms with E-state index in [1.807, 2.05) is 0 Å². The van der Waals surface area contributed by atoms with E-state index in [9.17, 15) is 19.0 Å². The Balaban J connectivity index is 3.75. The molecule has 0 aliphatic heterocycles. The molecule has 0 saturated heterocycles. The van der Waals surface area contributed by atoms with Crippen molar-refractivity contribution in [1.82, 2.24) is 0 Å². The number of rotatable bonds is 76. The highest BCUT2D eigenvalue weighted by Crippen LogP contribution is 2.43. The van der Waals surface area contributed by atoms with Crippen LogP contribution in [0.3, 0.4) is 0 Å². The van der Waals surface area contributed by atoms with Crippen molar-refractivity contribution in [2.45, 2.75) is 431 Å². The van der Waals surface area contributed by atoms with E-state index in [2.05, 4.69) is 50.3 Å². The van der Waals surface area contributed by atoms with Crippen molar-refractivity contribution in [2.75, 3.05) is 26.4 Å². The average molecular weight is 1280 g/mol. The molecule has 0 heterocycles. The van der Waals surface area contributed by atoms with Crippen molar-refractivity contribution < 1.29 is 37.6 Å². The zero-order valence-electron chi connectivity index (χ0n) is 59.5. The number of allylic oxidation sites excluding steroid dienone is 6. The minimum absolute atomic E-state index is 0.0567. The molecule has 0 amide bonds. The number of nitrogens with two attached hydrogens (primary N) is 1. The van der Waals surface area contributed by atoms with E-state index >= 15 is 0 Å². The summed E-state index contributed by atoms with van der Waals surface area (Å²) in [6.07, 6.45) is 95.7. The number of hydrogen-bond acceptors (Lipinski definition) is 8. The fraction of sp³-hybridized carbons (Fsp3) is 0.899. The van der Waals surface area contributed by atoms with Crippen LogP contribution >= 0.6 is 7.82 Å². The molecule has 0 aromatic heterocycles. The second-order valence-electron chi connectivity index (χ2n) is 26.9. The predicted octanol–water partition coefficient (Wildman–Crippen LogP) is 26.2. The highest BCUT2D eigenvalue weighted by Gasteiger charge is 2.26. The van der Waals surface area contributed by atoms with E-state index in [1.165, 1.54) is 353 Å². The largest absolute Gasteiger partial charge is 0.472 e. The van der Waals surface area contributed by atoms with Crippen LogP contribution in [0, 0.1) is 0 Å². The Bertz CT molecular complexity index is 1550. The summed E-state index contributed by atoms with van der Waals surface area (Å²) < 4.78 is 33.3. The molecule has 2 atom stereocenters. The molecule has 0 aliphatic carbocycles. The summed E-state index contributed by atoms with van der Waals surface area (Å²) in [5, 5.41) is 0. The van der Waals surface area contributed by atoms with Gasteiger partial charge in [0.25, 0.3) is 0 Å². The van der Waals surface area contributed by atoms with Gasteiger partial charge in [0.15, 0.2) is 6.10 Å². The topological polar surface area (TPSA) is 134 Å². The van der Waals surface area contributed by atoms with Gasteiger partial charge in [-0.1, -0.05) is 378 Å². The van der Waals surface area contributed by atoms with Gasteiger partial charge < -0.3 is 20.1 Å². The first kappa shape index (κ1) is 87.2. The molecule has 0 rings (SSSR count). The van der Waals surface area contributed by atoms with Crippen molar-refractivity contribution in [3.05, 3.63) is 36.5 Å². The molecule has 0 radical (unpaired) electrons. The van der Waals surface area contributed by atoms with E-state index < -0.39 is 26.5 Å². The van der Waals surface area contributed by atoms with Crippen molar-refractivity contribution in [2.24, 2.45) is 5.73 Å². The summed E-state index contributed by atoms with van der Waals surface area (Å²) in [5.41, 5.74) is 5.41. The van der Waals surface area contributed by atoms with Crippen molar-refractivity contribution in [3.63, 3.8) is 0 Å². The van der Waals surface area contributed by atoms with Crippen LogP contribution in [0.1, 0.15) is 425 Å². The molecule has 2 unspecified atom stereocenters. The van der Waals surface area contributed by atoms with Crippen LogP contribution in [0.5, 0.6) is 0 Å². The molecule has 10 heteroatoms. The van der Waals surface area contributed by atoms with Gasteiger partial charge >= 0.3 is 19.8 Å². The number of hydrogen-bond donors (Lipinski definition) is 2. The van der Waals surface area contributed by atoms with Gasteiger partial charge in [-0.15, -0.1) is 0 Å². The normalized spacial score (nSPS) is 13.0. The lowest BCUT2D eigenvalue weighted by Gasteiger charge is -2.19. The summed E-state index contributed by atoms with van der Waals surface area (Å²) in [7, 11) is -4.39. The van der Waals surface area contributed by atoms with E-state index in [0.717, 1.165) is 38.5 Å². The molecule has 526 valence electrons.